The molecular weight excluding hydrogens is 575 g/mol. The average molecular weight is 606 g/mol. The summed E-state index contributed by atoms with van der Waals surface area (Å²) in [5, 5.41) is 2.98. The number of benzene rings is 1. The third kappa shape index (κ3) is 6.71. The SMILES string of the molecule is CCN1CCCN(C(=O)Nc2cc(OC[C@H]3COC(C)(C)O3)ccn2)c2nc(-c3cccc(C(F)(F)F)c3)c(Cl)cc21. The molecule has 1 fully saturated rings. The van der Waals surface area contributed by atoms with Crippen molar-refractivity contribution in [2.45, 2.75) is 45.3 Å². The lowest BCUT2D eigenvalue weighted by molar-refractivity contribution is -0.141. The first-order valence-electron chi connectivity index (χ1n) is 13.6. The molecule has 2 aliphatic heterocycles. The van der Waals surface area contributed by atoms with Gasteiger partial charge in [-0.25, -0.2) is 14.8 Å². The molecule has 5 rings (SSSR count). The van der Waals surface area contributed by atoms with E-state index in [1.165, 1.54) is 23.2 Å². The van der Waals surface area contributed by atoms with Gasteiger partial charge in [0.1, 0.15) is 24.3 Å². The number of pyridine rings is 2. The summed E-state index contributed by atoms with van der Waals surface area (Å²) in [6, 6.07) is 9.21. The highest BCUT2D eigenvalue weighted by Crippen LogP contribution is 2.40. The molecule has 0 radical (unpaired) electrons. The van der Waals surface area contributed by atoms with Crippen LogP contribution in [0, 0.1) is 0 Å². The second-order valence-electron chi connectivity index (χ2n) is 10.4. The maximum atomic E-state index is 13.6. The fourth-order valence-corrected chi connectivity index (χ4v) is 5.15. The first-order chi connectivity index (χ1) is 19.9. The number of carbonyl (C=O) groups excluding carboxylic acids is 1. The maximum absolute atomic E-state index is 13.6. The van der Waals surface area contributed by atoms with Crippen LogP contribution in [0.4, 0.5) is 35.3 Å². The zero-order valence-corrected chi connectivity index (χ0v) is 24.1. The fourth-order valence-electron chi connectivity index (χ4n) is 4.90. The number of rotatable bonds is 6. The van der Waals surface area contributed by atoms with Crippen molar-refractivity contribution in [3.8, 4) is 17.0 Å². The number of nitrogens with one attached hydrogen (secondary N) is 1. The molecule has 1 aromatic carbocycles. The van der Waals surface area contributed by atoms with Crippen molar-refractivity contribution in [1.82, 2.24) is 9.97 Å². The molecule has 1 atom stereocenters. The maximum Gasteiger partial charge on any atom is 0.416 e. The van der Waals surface area contributed by atoms with Crippen LogP contribution in [0.15, 0.2) is 48.7 Å². The van der Waals surface area contributed by atoms with Crippen molar-refractivity contribution in [3.05, 3.63) is 59.2 Å². The Kier molecular flexibility index (Phi) is 8.49. The van der Waals surface area contributed by atoms with E-state index in [0.29, 0.717) is 44.1 Å². The number of alkyl halides is 3. The summed E-state index contributed by atoms with van der Waals surface area (Å²) >= 11 is 6.57. The number of anilines is 3. The largest absolute Gasteiger partial charge is 0.491 e. The summed E-state index contributed by atoms with van der Waals surface area (Å²) in [5.74, 6) is 0.365. The number of aromatic nitrogens is 2. The molecule has 4 heterocycles. The quantitative estimate of drug-likeness (QED) is 0.338. The number of ether oxygens (including phenoxy) is 3. The third-order valence-corrected chi connectivity index (χ3v) is 7.19. The van der Waals surface area contributed by atoms with E-state index in [0.717, 1.165) is 12.1 Å². The molecular formula is C29H31ClF3N5O4. The van der Waals surface area contributed by atoms with Gasteiger partial charge in [0.15, 0.2) is 11.6 Å². The zero-order valence-electron chi connectivity index (χ0n) is 23.4. The van der Waals surface area contributed by atoms with Crippen LogP contribution in [0.3, 0.4) is 0 Å². The Hall–Kier alpha value is -3.61. The van der Waals surface area contributed by atoms with Crippen molar-refractivity contribution in [1.29, 1.82) is 0 Å². The number of nitrogens with zero attached hydrogens (tertiary/aromatic N) is 4. The molecule has 224 valence electrons. The predicted octanol–water partition coefficient (Wildman–Crippen LogP) is 6.61. The van der Waals surface area contributed by atoms with Crippen LogP contribution in [-0.4, -0.2) is 60.7 Å². The van der Waals surface area contributed by atoms with Gasteiger partial charge in [-0.15, -0.1) is 0 Å². The Labute approximate surface area is 246 Å². The predicted molar refractivity (Wildman–Crippen MR) is 153 cm³/mol. The molecule has 9 nitrogen and oxygen atoms in total. The van der Waals surface area contributed by atoms with E-state index in [2.05, 4.69) is 15.3 Å². The number of carbonyl (C=O) groups is 1. The van der Waals surface area contributed by atoms with Gasteiger partial charge >= 0.3 is 12.2 Å². The molecule has 0 spiro atoms. The second kappa shape index (κ2) is 11.9. The van der Waals surface area contributed by atoms with Crippen molar-refractivity contribution in [3.63, 3.8) is 0 Å². The number of urea groups is 1. The smallest absolute Gasteiger partial charge is 0.416 e. The molecule has 42 heavy (non-hydrogen) atoms. The van der Waals surface area contributed by atoms with Crippen molar-refractivity contribution in [2.24, 2.45) is 0 Å². The van der Waals surface area contributed by atoms with Crippen LogP contribution in [0.1, 0.15) is 32.8 Å². The number of fused-ring (bicyclic) bond motifs is 1. The highest BCUT2D eigenvalue weighted by molar-refractivity contribution is 6.33. The normalized spacial score (nSPS) is 18.4. The van der Waals surface area contributed by atoms with Gasteiger partial charge < -0.3 is 19.1 Å². The summed E-state index contributed by atoms with van der Waals surface area (Å²) in [5.41, 5.74) is 0.128. The van der Waals surface area contributed by atoms with Gasteiger partial charge in [-0.05, 0) is 51.5 Å². The topological polar surface area (TPSA) is 89.1 Å². The number of amides is 2. The highest BCUT2D eigenvalue weighted by Gasteiger charge is 2.34. The minimum atomic E-state index is -4.53. The number of hydrogen-bond donors (Lipinski definition) is 1. The van der Waals surface area contributed by atoms with E-state index in [-0.39, 0.29) is 40.6 Å². The van der Waals surface area contributed by atoms with Crippen LogP contribution in [0.25, 0.3) is 11.3 Å². The summed E-state index contributed by atoms with van der Waals surface area (Å²) in [7, 11) is 0. The lowest BCUT2D eigenvalue weighted by atomic mass is 10.1. The van der Waals surface area contributed by atoms with Crippen molar-refractivity contribution >= 4 is 35.0 Å². The monoisotopic (exact) mass is 605 g/mol. The van der Waals surface area contributed by atoms with E-state index in [1.807, 2.05) is 25.7 Å². The molecule has 1 saturated heterocycles. The first-order valence-corrected chi connectivity index (χ1v) is 13.9. The van der Waals surface area contributed by atoms with E-state index < -0.39 is 23.6 Å². The van der Waals surface area contributed by atoms with Gasteiger partial charge in [0.05, 0.1) is 28.6 Å². The van der Waals surface area contributed by atoms with Gasteiger partial charge in [-0.3, -0.25) is 10.2 Å². The second-order valence-corrected chi connectivity index (χ2v) is 10.8. The van der Waals surface area contributed by atoms with Crippen LogP contribution in [0.5, 0.6) is 5.75 Å². The fraction of sp³-hybridized carbons (Fsp3) is 0.414. The molecule has 2 aliphatic rings. The molecule has 0 saturated carbocycles. The van der Waals surface area contributed by atoms with E-state index >= 15 is 0 Å². The number of hydrogen-bond acceptors (Lipinski definition) is 7. The average Bonchev–Trinajstić information content (AvgIpc) is 3.19. The van der Waals surface area contributed by atoms with Crippen LogP contribution < -0.4 is 19.9 Å². The van der Waals surface area contributed by atoms with E-state index in [1.54, 1.807) is 18.2 Å². The first kappa shape index (κ1) is 29.9. The molecule has 0 aliphatic carbocycles. The minimum absolute atomic E-state index is 0.145. The van der Waals surface area contributed by atoms with Gasteiger partial charge in [0, 0.05) is 37.5 Å². The molecule has 2 amide bonds. The van der Waals surface area contributed by atoms with Crippen LogP contribution in [-0.2, 0) is 15.7 Å². The Morgan fingerprint density at radius 2 is 2.02 bits per heavy atom. The number of halogens is 4. The lowest BCUT2D eigenvalue weighted by Crippen LogP contribution is -2.36. The van der Waals surface area contributed by atoms with Gasteiger partial charge in [-0.1, -0.05) is 23.7 Å². The standard InChI is InChI=1S/C29H31ClF3N5O4/c1-4-37-11-6-12-38(26-23(37)15-22(30)25(36-26)18-7-5-8-19(13-18)29(31,32)33)27(39)35-24-14-20(9-10-34-24)40-16-21-17-41-28(2,3)42-21/h5,7-10,13-15,21H,4,6,11-12,16-17H2,1-3H3,(H,34,35,39)/t21-/m0/s1. The van der Waals surface area contributed by atoms with Crippen molar-refractivity contribution < 1.29 is 32.2 Å². The Morgan fingerprint density at radius 3 is 2.74 bits per heavy atom. The van der Waals surface area contributed by atoms with E-state index in [9.17, 15) is 18.0 Å². The summed E-state index contributed by atoms with van der Waals surface area (Å²) in [6.45, 7) is 7.87. The van der Waals surface area contributed by atoms with E-state index in [4.69, 9.17) is 25.8 Å². The summed E-state index contributed by atoms with van der Waals surface area (Å²) in [6.07, 6.45) is -2.62. The van der Waals surface area contributed by atoms with Gasteiger partial charge in [0.25, 0.3) is 0 Å². The highest BCUT2D eigenvalue weighted by atomic mass is 35.5. The molecule has 1 N–H and O–H groups in total. The minimum Gasteiger partial charge on any atom is -0.491 e. The van der Waals surface area contributed by atoms with Gasteiger partial charge in [0.2, 0.25) is 0 Å². The summed E-state index contributed by atoms with van der Waals surface area (Å²) < 4.78 is 57.4. The van der Waals surface area contributed by atoms with Crippen LogP contribution >= 0.6 is 11.6 Å². The van der Waals surface area contributed by atoms with Crippen molar-refractivity contribution in [2.75, 3.05) is 48.0 Å². The third-order valence-electron chi connectivity index (χ3n) is 6.90. The zero-order chi connectivity index (χ0) is 30.1. The molecule has 2 aromatic heterocycles. The molecule has 3 aromatic rings. The Balaban J connectivity index is 1.40. The Morgan fingerprint density at radius 1 is 1.21 bits per heavy atom. The molecule has 0 unspecified atom stereocenters. The molecule has 0 bridgehead atoms. The molecule has 13 heteroatoms. The Bertz CT molecular complexity index is 1460. The van der Waals surface area contributed by atoms with Gasteiger partial charge in [-0.2, -0.15) is 13.2 Å². The lowest BCUT2D eigenvalue weighted by Gasteiger charge is -2.26. The van der Waals surface area contributed by atoms with Crippen LogP contribution in [0.2, 0.25) is 5.02 Å². The summed E-state index contributed by atoms with van der Waals surface area (Å²) in [4.78, 5) is 26.0.